The molecule has 1 aliphatic rings. The number of carbonyl (C=O) groups is 1. The van der Waals surface area contributed by atoms with E-state index in [1.807, 2.05) is 243 Å². The van der Waals surface area contributed by atoms with Crippen LogP contribution in [-0.2, 0) is 11.4 Å². The maximum Gasteiger partial charge on any atom is 0.221 e. The molecule has 1 amide bonds. The minimum atomic E-state index is -0.113. The summed E-state index contributed by atoms with van der Waals surface area (Å²) in [6.07, 6.45) is 7.60. The fraction of sp³-hybridized carbons (Fsp3) is 0.0879. The van der Waals surface area contributed by atoms with E-state index in [0.29, 0.717) is 70.7 Å². The number of benzene rings is 7. The number of aromatic nitrogens is 17. The van der Waals surface area contributed by atoms with Gasteiger partial charge in [-0.1, -0.05) is 66.7 Å². The predicted molar refractivity (Wildman–Crippen MR) is 486 cm³/mol. The van der Waals surface area contributed by atoms with E-state index in [-0.39, 0.29) is 5.91 Å². The molecule has 11 N–H and O–H groups in total. The van der Waals surface area contributed by atoms with Crippen LogP contribution in [0.1, 0.15) is 47.6 Å². The van der Waals surface area contributed by atoms with E-state index in [1.54, 1.807) is 90.0 Å². The van der Waals surface area contributed by atoms with Crippen LogP contribution in [0.4, 0.5) is 63.5 Å². The molecule has 0 radical (unpaired) electrons. The Morgan fingerprint density at radius 3 is 1.58 bits per heavy atom. The van der Waals surface area contributed by atoms with Crippen LogP contribution in [-0.4, -0.2) is 98.9 Å². The minimum absolute atomic E-state index is 0.113. The Balaban J connectivity index is 0.000000110. The zero-order chi connectivity index (χ0) is 84.3. The number of nitrogens with one attached hydrogen (secondary N) is 11. The number of ether oxygens (including phenoxy) is 6. The Morgan fingerprint density at radius 2 is 0.952 bits per heavy atom. The number of thiazole rings is 2. The van der Waals surface area contributed by atoms with Gasteiger partial charge >= 0.3 is 0 Å². The van der Waals surface area contributed by atoms with Crippen LogP contribution < -0.4 is 60.3 Å². The number of thiophene rings is 1. The molecule has 30 nitrogen and oxygen atoms in total. The third kappa shape index (κ3) is 21.5. The zero-order valence-corrected chi connectivity index (χ0v) is 69.2. The minimum Gasteiger partial charge on any atom is -0.497 e. The van der Waals surface area contributed by atoms with Gasteiger partial charge in [0.25, 0.3) is 0 Å². The van der Waals surface area contributed by atoms with Crippen molar-refractivity contribution in [2.75, 3.05) is 39.0 Å². The van der Waals surface area contributed by atoms with Crippen LogP contribution in [0, 0.1) is 13.8 Å². The van der Waals surface area contributed by atoms with Crippen LogP contribution in [0.3, 0.4) is 0 Å². The summed E-state index contributed by atoms with van der Waals surface area (Å²) in [5, 5.41) is 61.2. The average molecular weight is 1700 g/mol. The molecule has 1 fully saturated rings. The van der Waals surface area contributed by atoms with Crippen molar-refractivity contribution in [3.8, 4) is 58.1 Å². The highest BCUT2D eigenvalue weighted by molar-refractivity contribution is 7.17. The Bertz CT molecular complexity index is 6990. The lowest BCUT2D eigenvalue weighted by Gasteiger charge is -2.12. The number of fused-ring (bicyclic) bond motifs is 5. The van der Waals surface area contributed by atoms with Crippen LogP contribution in [0.15, 0.2) is 284 Å². The number of hydrogen-bond acceptors (Lipinski definition) is 27. The second-order valence-electron chi connectivity index (χ2n) is 27.9. The molecule has 1 saturated carbocycles. The SMILES string of the molecule is CC(=O)Nc1ccc(Oc2cc(Nc3cc(C)[nH]n3)ccn2)cc1.COc1cccc(Oc2cc3ccccc3c(Nc3n[nH]c4ccccc34)n2)c1.Cc1cc(Nc2cccc(Oc3ccc4ncsc4c3)n2)n[nH]1.c1cc(Nc2cc(C3CC3)[nH]n2)cc(Oc2ccc3ncsc3c2)n1.c1csc(COc2cc(Nc3n[nH]c4ccccc34)ccn2)c1. The fourth-order valence-corrected chi connectivity index (χ4v) is 14.6. The first-order valence-electron chi connectivity index (χ1n) is 39.0. The molecule has 1 aliphatic carbocycles. The second-order valence-corrected chi connectivity index (χ2v) is 30.7. The first-order chi connectivity index (χ1) is 60.9. The Labute approximate surface area is 720 Å². The molecule has 0 spiro atoms. The molecule has 0 saturated heterocycles. The van der Waals surface area contributed by atoms with Gasteiger partial charge in [-0.05, 0) is 153 Å². The number of para-hydroxylation sites is 2. The molecular formula is C91H77N23O7S3. The van der Waals surface area contributed by atoms with Crippen molar-refractivity contribution in [2.24, 2.45) is 0 Å². The number of pyridine rings is 5. The van der Waals surface area contributed by atoms with Crippen molar-refractivity contribution in [1.29, 1.82) is 0 Å². The fourth-order valence-electron chi connectivity index (χ4n) is 12.6. The van der Waals surface area contributed by atoms with Crippen LogP contribution in [0.25, 0.3) is 53.0 Å². The first kappa shape index (κ1) is 80.3. The van der Waals surface area contributed by atoms with Gasteiger partial charge in [-0.15, -0.1) is 34.0 Å². The molecule has 13 aromatic heterocycles. The van der Waals surface area contributed by atoms with E-state index in [9.17, 15) is 4.79 Å². The molecule has 33 heteroatoms. The van der Waals surface area contributed by atoms with Crippen LogP contribution in [0.2, 0.25) is 0 Å². The summed E-state index contributed by atoms with van der Waals surface area (Å²) in [6.45, 7) is 5.87. The predicted octanol–water partition coefficient (Wildman–Crippen LogP) is 22.7. The van der Waals surface area contributed by atoms with Gasteiger partial charge < -0.3 is 60.3 Å². The maximum atomic E-state index is 11.0. The molecule has 0 aliphatic heterocycles. The van der Waals surface area contributed by atoms with Crippen molar-refractivity contribution in [3.63, 3.8) is 0 Å². The number of amides is 1. The summed E-state index contributed by atoms with van der Waals surface area (Å²) in [7, 11) is 1.63. The molecule has 13 heterocycles. The van der Waals surface area contributed by atoms with E-state index < -0.39 is 0 Å². The summed E-state index contributed by atoms with van der Waals surface area (Å²) >= 11 is 4.84. The van der Waals surface area contributed by atoms with Crippen LogP contribution in [0.5, 0.6) is 58.1 Å². The van der Waals surface area contributed by atoms with Crippen molar-refractivity contribution in [2.45, 2.75) is 46.1 Å². The first-order valence-corrected chi connectivity index (χ1v) is 41.6. The molecule has 0 unspecified atom stereocenters. The van der Waals surface area contributed by atoms with E-state index in [0.717, 1.165) is 128 Å². The summed E-state index contributed by atoms with van der Waals surface area (Å²) in [5.41, 5.74) is 14.0. The normalized spacial score (nSPS) is 11.4. The van der Waals surface area contributed by atoms with Gasteiger partial charge in [-0.3, -0.25) is 30.3 Å². The number of nitrogens with zero attached hydrogens (tertiary/aromatic N) is 12. The van der Waals surface area contributed by atoms with E-state index in [4.69, 9.17) is 33.4 Å². The average Bonchev–Trinajstić information content (AvgIpc) is 1.29. The number of carbonyl (C=O) groups excluding carboxylic acids is 1. The van der Waals surface area contributed by atoms with Crippen molar-refractivity contribution in [1.82, 2.24) is 85.9 Å². The number of methoxy groups -OCH3 is 1. The molecule has 21 rings (SSSR count). The number of aryl methyl sites for hydroxylation is 2. The van der Waals surface area contributed by atoms with Gasteiger partial charge in [-0.25, -0.2) is 24.9 Å². The smallest absolute Gasteiger partial charge is 0.221 e. The number of hydrogen-bond donors (Lipinski definition) is 11. The molecule has 7 aromatic carbocycles. The summed E-state index contributed by atoms with van der Waals surface area (Å²) < 4.78 is 36.7. The largest absolute Gasteiger partial charge is 0.497 e. The third-order valence-electron chi connectivity index (χ3n) is 18.6. The van der Waals surface area contributed by atoms with Gasteiger partial charge in [0.2, 0.25) is 35.3 Å². The number of anilines is 11. The number of H-pyrrole nitrogens is 5. The van der Waals surface area contributed by atoms with Crippen LogP contribution >= 0.6 is 34.0 Å². The van der Waals surface area contributed by atoms with E-state index >= 15 is 0 Å². The summed E-state index contributed by atoms with van der Waals surface area (Å²) in [6, 6.07) is 78.7. The molecule has 124 heavy (non-hydrogen) atoms. The standard InChI is InChI=1S/C23H18N4O2.C18H15N5OS.C17H17N5O2.C17H14N4OS.C16H13N5OS/c1-28-16-8-6-9-17(14-16)29-21-13-15-7-2-3-10-18(15)22(24-21)25-23-19-11-4-5-12-20(19)26-27-23;1-2-11(1)15-9-17(23-22-15)21-12-5-6-19-18(7-12)24-13-3-4-14-16(8-13)25-10-20-14;1-11-9-16(22-21-11)20-14-7-8-18-17(10-14)24-15-5-3-13(4-6-15)19-12(2)23;1-2-6-15-14(5-1)17(21-20-15)19-12-7-8-18-16(10-12)22-11-13-4-3-9-23-13;1-10-7-15(21-20-10)18-14-3-2-4-16(19-14)22-11-5-6-12-13(8-11)23-9-17-12/h2-14H,1H3,(H2,24,25,26,27);3-11H,1-2H2,(H2,19,21,22,23);3-10H,1-2H3,(H,19,23)(H2,18,20,21,22);1-10H,11H2,(H2,18,19,20,21);2-9H,1H3,(H2,18,19,20,21). The van der Waals surface area contributed by atoms with Crippen molar-refractivity contribution >= 4 is 156 Å². The zero-order valence-electron chi connectivity index (χ0n) is 66.8. The maximum absolute atomic E-state index is 11.0. The summed E-state index contributed by atoms with van der Waals surface area (Å²) in [4.78, 5) is 42.6. The lowest BCUT2D eigenvalue weighted by molar-refractivity contribution is -0.114. The highest BCUT2D eigenvalue weighted by atomic mass is 32.1. The lowest BCUT2D eigenvalue weighted by Crippen LogP contribution is -2.05. The van der Waals surface area contributed by atoms with Gasteiger partial charge in [-0.2, -0.15) is 35.5 Å². The van der Waals surface area contributed by atoms with Crippen molar-refractivity contribution < 1.29 is 33.2 Å². The lowest BCUT2D eigenvalue weighted by atomic mass is 10.1. The quantitative estimate of drug-likeness (QED) is 0.0268. The Morgan fingerprint density at radius 1 is 0.403 bits per heavy atom. The number of aromatic amines is 5. The number of rotatable bonds is 24. The molecule has 0 bridgehead atoms. The van der Waals surface area contributed by atoms with Gasteiger partial charge in [0.15, 0.2) is 29.1 Å². The van der Waals surface area contributed by atoms with Gasteiger partial charge in [0.05, 0.1) is 49.6 Å². The third-order valence-corrected chi connectivity index (χ3v) is 21.0. The molecule has 616 valence electrons. The Kier molecular flexibility index (Phi) is 24.8. The second kappa shape index (κ2) is 38.3. The highest BCUT2D eigenvalue weighted by Crippen LogP contribution is 2.41. The van der Waals surface area contributed by atoms with Gasteiger partial charge in [0, 0.05) is 159 Å². The van der Waals surface area contributed by atoms with E-state index in [2.05, 4.69) is 119 Å². The van der Waals surface area contributed by atoms with Crippen molar-refractivity contribution in [3.05, 3.63) is 306 Å². The molecule has 0 atom stereocenters. The Hall–Kier alpha value is -16.1. The highest BCUT2D eigenvalue weighted by Gasteiger charge is 2.26. The summed E-state index contributed by atoms with van der Waals surface area (Å²) in [5.74, 6) is 11.7. The molecular weight excluding hydrogens is 1620 g/mol. The topological polar surface area (TPSA) is 378 Å². The van der Waals surface area contributed by atoms with Gasteiger partial charge in [0.1, 0.15) is 47.0 Å². The van der Waals surface area contributed by atoms with E-state index in [1.165, 1.54) is 30.3 Å². The molecule has 20 aromatic rings. The monoisotopic (exact) mass is 1700 g/mol.